The minimum atomic E-state index is -0.890. The van der Waals surface area contributed by atoms with Crippen molar-refractivity contribution in [2.45, 2.75) is 57.0 Å². The van der Waals surface area contributed by atoms with E-state index in [1.165, 1.54) is 4.90 Å². The van der Waals surface area contributed by atoms with Crippen LogP contribution in [0, 0.1) is 5.92 Å². The van der Waals surface area contributed by atoms with Crippen molar-refractivity contribution >= 4 is 23.4 Å². The lowest BCUT2D eigenvalue weighted by Gasteiger charge is -2.45. The zero-order chi connectivity index (χ0) is 37.4. The molecule has 54 heavy (non-hydrogen) atoms. The van der Waals surface area contributed by atoms with Crippen LogP contribution in [0.4, 0.5) is 0 Å². The van der Waals surface area contributed by atoms with E-state index >= 15 is 0 Å². The van der Waals surface area contributed by atoms with Crippen molar-refractivity contribution in [1.29, 1.82) is 0 Å². The second kappa shape index (κ2) is 15.2. The topological polar surface area (TPSA) is 99.5 Å². The number of carbonyl (C=O) groups is 2. The molecule has 0 spiro atoms. The molecule has 3 aliphatic heterocycles. The van der Waals surface area contributed by atoms with Gasteiger partial charge in [-0.15, -0.1) is 0 Å². The van der Waals surface area contributed by atoms with Gasteiger partial charge in [0.1, 0.15) is 0 Å². The molecule has 9 heteroatoms. The smallest absolute Gasteiger partial charge is 0.261 e. The van der Waals surface area contributed by atoms with Crippen molar-refractivity contribution < 1.29 is 29.3 Å². The maximum Gasteiger partial charge on any atom is 0.261 e. The third-order valence-corrected chi connectivity index (χ3v) is 11.5. The Kier molecular flexibility index (Phi) is 10.2. The lowest BCUT2D eigenvalue weighted by Crippen LogP contribution is -2.49. The van der Waals surface area contributed by atoms with Gasteiger partial charge in [0.05, 0.1) is 42.1 Å². The summed E-state index contributed by atoms with van der Waals surface area (Å²) in [4.78, 5) is 29.7. The Morgan fingerprint density at radius 3 is 2.04 bits per heavy atom. The molecule has 5 aromatic carbocycles. The molecule has 8 nitrogen and oxygen atoms in total. The Morgan fingerprint density at radius 2 is 1.39 bits per heavy atom. The summed E-state index contributed by atoms with van der Waals surface area (Å²) in [5.74, 6) is -0.511. The monoisotopic (exact) mass is 742 g/mol. The molecule has 8 rings (SSSR count). The summed E-state index contributed by atoms with van der Waals surface area (Å²) >= 11 is 6.11. The number of likely N-dealkylation sites (tertiary alicyclic amines) is 1. The van der Waals surface area contributed by atoms with E-state index in [0.29, 0.717) is 35.5 Å². The molecule has 276 valence electrons. The standard InChI is InChI=1S/C45H43ClN2O6/c1-29-40(27-47-23-21-45(52,22-24-47)36-17-19-37(46)20-18-36)53-44(54-41(29)33-11-9-30(28-49)10-12-33)34-15-13-32(14-16-34)35-6-4-5-31(25-35)26-48-42(50)38-7-2-3-8-39(38)43(48)51/h2-20,25,29,40-41,44,49,52H,21-24,26-28H2,1H3. The fourth-order valence-corrected chi connectivity index (χ4v) is 8.11. The lowest BCUT2D eigenvalue weighted by atomic mass is 9.84. The van der Waals surface area contributed by atoms with E-state index in [1.807, 2.05) is 97.1 Å². The summed E-state index contributed by atoms with van der Waals surface area (Å²) in [5.41, 5.74) is 6.48. The van der Waals surface area contributed by atoms with Gasteiger partial charge in [-0.25, -0.2) is 0 Å². The number of piperidine rings is 1. The molecular weight excluding hydrogens is 700 g/mol. The average Bonchev–Trinajstić information content (AvgIpc) is 3.44. The van der Waals surface area contributed by atoms with Crippen molar-refractivity contribution in [3.63, 3.8) is 0 Å². The summed E-state index contributed by atoms with van der Waals surface area (Å²) in [7, 11) is 0. The SMILES string of the molecule is CC1C(CN2CCC(O)(c3ccc(Cl)cc3)CC2)OC(c2ccc(-c3cccc(CN4C(=O)c5ccccc5C4=O)c3)cc2)OC1c1ccc(CO)cc1. The highest BCUT2D eigenvalue weighted by atomic mass is 35.5. The summed E-state index contributed by atoms with van der Waals surface area (Å²) in [6.45, 7) is 4.49. The summed E-state index contributed by atoms with van der Waals surface area (Å²) in [5, 5.41) is 21.8. The zero-order valence-electron chi connectivity index (χ0n) is 30.1. The van der Waals surface area contributed by atoms with Crippen molar-refractivity contribution in [2.24, 2.45) is 5.92 Å². The summed E-state index contributed by atoms with van der Waals surface area (Å²) in [6, 6.07) is 38.4. The number of imide groups is 1. The van der Waals surface area contributed by atoms with E-state index in [0.717, 1.165) is 52.0 Å². The molecule has 2 amide bonds. The number of hydrogen-bond donors (Lipinski definition) is 2. The predicted molar refractivity (Wildman–Crippen MR) is 207 cm³/mol. The van der Waals surface area contributed by atoms with Crippen molar-refractivity contribution in [3.05, 3.63) is 165 Å². The van der Waals surface area contributed by atoms with Crippen LogP contribution < -0.4 is 0 Å². The summed E-state index contributed by atoms with van der Waals surface area (Å²) < 4.78 is 13.5. The van der Waals surface area contributed by atoms with Crippen LogP contribution in [0.3, 0.4) is 0 Å². The Hall–Kier alpha value is -4.67. The van der Waals surface area contributed by atoms with Crippen LogP contribution in [0.1, 0.15) is 80.7 Å². The van der Waals surface area contributed by atoms with Gasteiger partial charge in [-0.2, -0.15) is 0 Å². The van der Waals surface area contributed by atoms with Crippen LogP contribution in [0.25, 0.3) is 11.1 Å². The van der Waals surface area contributed by atoms with Crippen LogP contribution in [0.2, 0.25) is 5.02 Å². The van der Waals surface area contributed by atoms with E-state index in [4.69, 9.17) is 21.1 Å². The molecule has 2 saturated heterocycles. The first kappa shape index (κ1) is 36.3. The molecule has 0 aromatic heterocycles. The highest BCUT2D eigenvalue weighted by molar-refractivity contribution is 6.30. The van der Waals surface area contributed by atoms with E-state index in [1.54, 1.807) is 24.3 Å². The van der Waals surface area contributed by atoms with Crippen LogP contribution in [-0.4, -0.2) is 57.6 Å². The number of aliphatic hydroxyl groups excluding tert-OH is 1. The highest BCUT2D eigenvalue weighted by Crippen LogP contribution is 2.43. The number of aliphatic hydroxyl groups is 2. The Labute approximate surface area is 320 Å². The van der Waals surface area contributed by atoms with Gasteiger partial charge in [0.15, 0.2) is 6.29 Å². The van der Waals surface area contributed by atoms with Gasteiger partial charge in [-0.1, -0.05) is 110 Å². The molecule has 3 aliphatic rings. The molecule has 0 saturated carbocycles. The van der Waals surface area contributed by atoms with Crippen LogP contribution in [-0.2, 0) is 28.2 Å². The van der Waals surface area contributed by atoms with Crippen molar-refractivity contribution in [2.75, 3.05) is 19.6 Å². The van der Waals surface area contributed by atoms with E-state index in [2.05, 4.69) is 11.8 Å². The van der Waals surface area contributed by atoms with E-state index in [-0.39, 0.29) is 43.1 Å². The van der Waals surface area contributed by atoms with Crippen molar-refractivity contribution in [3.8, 4) is 11.1 Å². The molecule has 5 aromatic rings. The van der Waals surface area contributed by atoms with Gasteiger partial charge in [0.2, 0.25) is 0 Å². The second-order valence-corrected chi connectivity index (χ2v) is 15.2. The van der Waals surface area contributed by atoms with Gasteiger partial charge in [0.25, 0.3) is 11.8 Å². The molecule has 0 aliphatic carbocycles. The maximum absolute atomic E-state index is 13.0. The number of amides is 2. The van der Waals surface area contributed by atoms with Gasteiger partial charge >= 0.3 is 0 Å². The van der Waals surface area contributed by atoms with Gasteiger partial charge in [-0.3, -0.25) is 14.5 Å². The minimum absolute atomic E-state index is 0.0227. The van der Waals surface area contributed by atoms with Gasteiger partial charge < -0.3 is 24.6 Å². The minimum Gasteiger partial charge on any atom is -0.392 e. The molecule has 4 atom stereocenters. The maximum atomic E-state index is 13.0. The quantitative estimate of drug-likeness (QED) is 0.147. The first-order valence-corrected chi connectivity index (χ1v) is 18.9. The number of fused-ring (bicyclic) bond motifs is 1. The third kappa shape index (κ3) is 7.26. The molecule has 2 fully saturated rings. The van der Waals surface area contributed by atoms with Gasteiger partial charge in [0, 0.05) is 36.1 Å². The number of rotatable bonds is 9. The Morgan fingerprint density at radius 1 is 0.741 bits per heavy atom. The van der Waals surface area contributed by atoms with Crippen LogP contribution >= 0.6 is 11.6 Å². The summed E-state index contributed by atoms with van der Waals surface area (Å²) in [6.07, 6.45) is 0.228. The predicted octanol–water partition coefficient (Wildman–Crippen LogP) is 8.07. The average molecular weight is 743 g/mol. The lowest BCUT2D eigenvalue weighted by molar-refractivity contribution is -0.277. The largest absolute Gasteiger partial charge is 0.392 e. The molecule has 3 heterocycles. The van der Waals surface area contributed by atoms with E-state index in [9.17, 15) is 19.8 Å². The normalized spacial score (nSPS) is 22.7. The Bertz CT molecular complexity index is 2090. The fraction of sp³-hybridized carbons (Fsp3) is 0.289. The zero-order valence-corrected chi connectivity index (χ0v) is 30.9. The molecule has 0 bridgehead atoms. The fourth-order valence-electron chi connectivity index (χ4n) is 7.98. The molecule has 2 N–H and O–H groups in total. The highest BCUT2D eigenvalue weighted by Gasteiger charge is 2.41. The number of halogens is 1. The first-order valence-electron chi connectivity index (χ1n) is 18.5. The number of ether oxygens (including phenoxy) is 2. The van der Waals surface area contributed by atoms with Gasteiger partial charge in [-0.05, 0) is 76.6 Å². The number of hydrogen-bond acceptors (Lipinski definition) is 7. The molecular formula is C45H43ClN2O6. The van der Waals surface area contributed by atoms with Crippen LogP contribution in [0.15, 0.2) is 121 Å². The number of benzene rings is 5. The number of nitrogens with zero attached hydrogens (tertiary/aromatic N) is 2. The third-order valence-electron chi connectivity index (χ3n) is 11.3. The first-order chi connectivity index (χ1) is 26.2. The number of carbonyl (C=O) groups excluding carboxylic acids is 2. The second-order valence-electron chi connectivity index (χ2n) is 14.7. The van der Waals surface area contributed by atoms with Crippen LogP contribution in [0.5, 0.6) is 0 Å². The van der Waals surface area contributed by atoms with Crippen molar-refractivity contribution in [1.82, 2.24) is 9.80 Å². The molecule has 4 unspecified atom stereocenters. The molecule has 0 radical (unpaired) electrons. The Balaban J connectivity index is 0.987. The van der Waals surface area contributed by atoms with E-state index < -0.39 is 11.9 Å².